The molecular weight excluding hydrogens is 451 g/mol. The molecule has 0 saturated carbocycles. The number of carbonyl (C=O) groups is 2. The Labute approximate surface area is 195 Å². The van der Waals surface area contributed by atoms with Crippen molar-refractivity contribution < 1.29 is 14.3 Å². The van der Waals surface area contributed by atoms with Crippen LogP contribution in [0.3, 0.4) is 0 Å². The van der Waals surface area contributed by atoms with Gasteiger partial charge in [0.15, 0.2) is 0 Å². The Balaban J connectivity index is 1.93. The second kappa shape index (κ2) is 8.60. The topological polar surface area (TPSA) is 68.6 Å². The van der Waals surface area contributed by atoms with E-state index in [9.17, 15) is 14.4 Å². The Morgan fingerprint density at radius 1 is 0.969 bits per heavy atom. The van der Waals surface area contributed by atoms with Gasteiger partial charge in [-0.25, -0.2) is 0 Å². The van der Waals surface area contributed by atoms with Gasteiger partial charge in [-0.3, -0.25) is 19.3 Å². The number of pyridine rings is 1. The molecule has 166 valence electrons. The van der Waals surface area contributed by atoms with Crippen LogP contribution in [0.2, 0.25) is 10.0 Å². The lowest BCUT2D eigenvalue weighted by molar-refractivity contribution is 0.0587. The molecule has 1 aliphatic rings. The van der Waals surface area contributed by atoms with Gasteiger partial charge in [-0.05, 0) is 37.6 Å². The average molecular weight is 473 g/mol. The zero-order valence-corrected chi connectivity index (χ0v) is 19.5. The monoisotopic (exact) mass is 472 g/mol. The first kappa shape index (κ1) is 22.4. The van der Waals surface area contributed by atoms with Crippen molar-refractivity contribution >= 4 is 45.8 Å². The van der Waals surface area contributed by atoms with E-state index in [-0.39, 0.29) is 15.6 Å². The van der Waals surface area contributed by atoms with Crippen LogP contribution < -0.4 is 10.3 Å². The molecular formula is C24H22Cl2N2O4. The summed E-state index contributed by atoms with van der Waals surface area (Å²) in [6.45, 7) is 4.17. The number of nitrogens with zero attached hydrogens (tertiary/aromatic N) is 2. The summed E-state index contributed by atoms with van der Waals surface area (Å²) in [6.07, 6.45) is 1.71. The molecule has 0 fully saturated rings. The zero-order valence-electron chi connectivity index (χ0n) is 17.9. The molecule has 0 spiro atoms. The summed E-state index contributed by atoms with van der Waals surface area (Å²) < 4.78 is 7.56. The summed E-state index contributed by atoms with van der Waals surface area (Å²) >= 11 is 12.4. The van der Waals surface area contributed by atoms with E-state index in [0.717, 1.165) is 12.8 Å². The maximum Gasteiger partial charge on any atom is 0.262 e. The molecule has 0 aliphatic carbocycles. The minimum Gasteiger partial charge on any atom is -0.491 e. The van der Waals surface area contributed by atoms with Crippen LogP contribution in [-0.2, 0) is 7.05 Å². The minimum absolute atomic E-state index is 0.261. The van der Waals surface area contributed by atoms with E-state index < -0.39 is 17.9 Å². The number of rotatable bonds is 6. The molecule has 2 amide bonds. The van der Waals surface area contributed by atoms with Gasteiger partial charge in [-0.2, -0.15) is 0 Å². The Morgan fingerprint density at radius 3 is 2.09 bits per heavy atom. The molecule has 0 bridgehead atoms. The van der Waals surface area contributed by atoms with Gasteiger partial charge in [-0.15, -0.1) is 0 Å². The standard InChI is InChI=1S/C24H22Cl2N2O4/c1-4-5-10-32-21-16-11-18(25)19(26)12-17(16)22(29)27(3)20(21)13(2)28-23(30)14-8-6-7-9-15(14)24(28)31/h6-9,11-13H,4-5,10H2,1-3H3. The molecule has 32 heavy (non-hydrogen) atoms. The zero-order chi connectivity index (χ0) is 23.2. The van der Waals surface area contributed by atoms with Gasteiger partial charge >= 0.3 is 0 Å². The Morgan fingerprint density at radius 2 is 1.53 bits per heavy atom. The fraction of sp³-hybridized carbons (Fsp3) is 0.292. The van der Waals surface area contributed by atoms with Gasteiger partial charge in [0.25, 0.3) is 17.4 Å². The van der Waals surface area contributed by atoms with Crippen LogP contribution in [0.5, 0.6) is 5.75 Å². The second-order valence-corrected chi connectivity index (χ2v) is 8.61. The summed E-state index contributed by atoms with van der Waals surface area (Å²) in [7, 11) is 1.60. The van der Waals surface area contributed by atoms with Crippen molar-refractivity contribution in [2.75, 3.05) is 6.61 Å². The van der Waals surface area contributed by atoms with Crippen molar-refractivity contribution in [2.45, 2.75) is 32.7 Å². The van der Waals surface area contributed by atoms with Crippen molar-refractivity contribution in [3.8, 4) is 5.75 Å². The highest BCUT2D eigenvalue weighted by Crippen LogP contribution is 2.39. The Bertz CT molecular complexity index is 1280. The van der Waals surface area contributed by atoms with Crippen LogP contribution in [0.25, 0.3) is 10.8 Å². The number of halogens is 2. The highest BCUT2D eigenvalue weighted by Gasteiger charge is 2.40. The molecule has 2 aromatic carbocycles. The van der Waals surface area contributed by atoms with E-state index in [1.165, 1.54) is 15.5 Å². The molecule has 1 unspecified atom stereocenters. The lowest BCUT2D eigenvalue weighted by Crippen LogP contribution is -2.36. The first-order chi connectivity index (χ1) is 15.3. The number of carbonyl (C=O) groups excluding carboxylic acids is 2. The third kappa shape index (κ3) is 3.48. The van der Waals surface area contributed by atoms with Crippen LogP contribution in [0.4, 0.5) is 0 Å². The Hall–Kier alpha value is -2.83. The summed E-state index contributed by atoms with van der Waals surface area (Å²) in [5.74, 6) is -0.392. The van der Waals surface area contributed by atoms with Gasteiger partial charge in [0, 0.05) is 12.4 Å². The quantitative estimate of drug-likeness (QED) is 0.356. The van der Waals surface area contributed by atoms with E-state index in [0.29, 0.717) is 39.9 Å². The average Bonchev–Trinajstić information content (AvgIpc) is 3.03. The largest absolute Gasteiger partial charge is 0.491 e. The van der Waals surface area contributed by atoms with Crippen molar-refractivity contribution in [3.63, 3.8) is 0 Å². The number of benzene rings is 2. The SMILES string of the molecule is CCCCOc1c(C(C)N2C(=O)c3ccccc3C2=O)n(C)c(=O)c2cc(Cl)c(Cl)cc12. The predicted molar refractivity (Wildman–Crippen MR) is 125 cm³/mol. The maximum atomic E-state index is 13.2. The normalized spacial score (nSPS) is 14.2. The molecule has 8 heteroatoms. The lowest BCUT2D eigenvalue weighted by Gasteiger charge is -2.27. The summed E-state index contributed by atoms with van der Waals surface area (Å²) in [5, 5.41) is 1.40. The summed E-state index contributed by atoms with van der Waals surface area (Å²) in [6, 6.07) is 9.05. The highest BCUT2D eigenvalue weighted by molar-refractivity contribution is 6.42. The molecule has 0 N–H and O–H groups in total. The smallest absolute Gasteiger partial charge is 0.262 e. The van der Waals surface area contributed by atoms with Gasteiger partial charge in [0.1, 0.15) is 5.75 Å². The third-order valence-corrected chi connectivity index (χ3v) is 6.51. The van der Waals surface area contributed by atoms with Gasteiger partial charge in [0.05, 0.1) is 44.9 Å². The molecule has 0 radical (unpaired) electrons. The number of hydrogen-bond acceptors (Lipinski definition) is 4. The van der Waals surface area contributed by atoms with E-state index in [4.69, 9.17) is 27.9 Å². The number of fused-ring (bicyclic) bond motifs is 2. The molecule has 4 rings (SSSR count). The number of aromatic nitrogens is 1. The van der Waals surface area contributed by atoms with Crippen LogP contribution in [0.15, 0.2) is 41.2 Å². The van der Waals surface area contributed by atoms with Crippen molar-refractivity contribution in [3.05, 3.63) is 73.6 Å². The third-order valence-electron chi connectivity index (χ3n) is 5.79. The van der Waals surface area contributed by atoms with Gasteiger partial charge < -0.3 is 9.30 Å². The lowest BCUT2D eigenvalue weighted by atomic mass is 10.1. The van der Waals surface area contributed by atoms with E-state index in [2.05, 4.69) is 0 Å². The number of unbranched alkanes of at least 4 members (excludes halogenated alkanes) is 1. The van der Waals surface area contributed by atoms with Crippen molar-refractivity contribution in [2.24, 2.45) is 7.05 Å². The predicted octanol–water partition coefficient (Wildman–Crippen LogP) is 5.38. The molecule has 1 aromatic heterocycles. The van der Waals surface area contributed by atoms with Gasteiger partial charge in [0.2, 0.25) is 0 Å². The van der Waals surface area contributed by atoms with Crippen LogP contribution >= 0.6 is 23.2 Å². The van der Waals surface area contributed by atoms with E-state index >= 15 is 0 Å². The Kier molecular flexibility index (Phi) is 6.01. The van der Waals surface area contributed by atoms with E-state index in [1.807, 2.05) is 6.92 Å². The number of amides is 2. The first-order valence-electron chi connectivity index (χ1n) is 10.4. The molecule has 2 heterocycles. The highest BCUT2D eigenvalue weighted by atomic mass is 35.5. The minimum atomic E-state index is -0.754. The fourth-order valence-corrected chi connectivity index (χ4v) is 4.44. The van der Waals surface area contributed by atoms with E-state index in [1.54, 1.807) is 44.3 Å². The molecule has 3 aromatic rings. The first-order valence-corrected chi connectivity index (χ1v) is 11.1. The molecule has 6 nitrogen and oxygen atoms in total. The van der Waals surface area contributed by atoms with Crippen LogP contribution in [-0.4, -0.2) is 27.9 Å². The van der Waals surface area contributed by atoms with Crippen molar-refractivity contribution in [1.82, 2.24) is 9.47 Å². The number of imide groups is 1. The fourth-order valence-electron chi connectivity index (χ4n) is 4.11. The maximum absolute atomic E-state index is 13.2. The molecule has 1 aliphatic heterocycles. The van der Waals surface area contributed by atoms with Crippen LogP contribution in [0.1, 0.15) is 59.1 Å². The summed E-state index contributed by atoms with van der Waals surface area (Å²) in [5.41, 5.74) is 0.795. The number of hydrogen-bond donors (Lipinski definition) is 0. The summed E-state index contributed by atoms with van der Waals surface area (Å²) in [4.78, 5) is 40.6. The molecule has 0 saturated heterocycles. The number of ether oxygens (including phenoxy) is 1. The van der Waals surface area contributed by atoms with Crippen molar-refractivity contribution in [1.29, 1.82) is 0 Å². The van der Waals surface area contributed by atoms with Crippen LogP contribution in [0, 0.1) is 0 Å². The van der Waals surface area contributed by atoms with Gasteiger partial charge in [-0.1, -0.05) is 48.7 Å². The second-order valence-electron chi connectivity index (χ2n) is 7.79. The molecule has 1 atom stereocenters.